The topological polar surface area (TPSA) is 58.6 Å². The Balaban J connectivity index is 1.66. The van der Waals surface area contributed by atoms with E-state index >= 15 is 0 Å². The van der Waals surface area contributed by atoms with Gasteiger partial charge in [-0.05, 0) is 43.5 Å². The summed E-state index contributed by atoms with van der Waals surface area (Å²) in [5.41, 5.74) is 1.75. The van der Waals surface area contributed by atoms with Crippen molar-refractivity contribution in [3.05, 3.63) is 24.3 Å². The van der Waals surface area contributed by atoms with Crippen molar-refractivity contribution in [3.63, 3.8) is 0 Å². The van der Waals surface area contributed by atoms with E-state index < -0.39 is 10.0 Å². The molecule has 1 aliphatic heterocycles. The summed E-state index contributed by atoms with van der Waals surface area (Å²) >= 11 is 0. The van der Waals surface area contributed by atoms with Crippen LogP contribution < -0.4 is 9.62 Å². The first-order chi connectivity index (χ1) is 9.58. The van der Waals surface area contributed by atoms with Gasteiger partial charge in [0, 0.05) is 31.6 Å². The molecule has 0 unspecified atom stereocenters. The van der Waals surface area contributed by atoms with Gasteiger partial charge in [0.25, 0.3) is 0 Å². The highest BCUT2D eigenvalue weighted by Crippen LogP contribution is 2.30. The van der Waals surface area contributed by atoms with Crippen LogP contribution in [0.25, 0.3) is 0 Å². The summed E-state index contributed by atoms with van der Waals surface area (Å²) in [5, 5.41) is -0.191. The van der Waals surface area contributed by atoms with Crippen LogP contribution in [0.5, 0.6) is 0 Å². The lowest BCUT2D eigenvalue weighted by Gasteiger charge is -2.18. The van der Waals surface area contributed by atoms with Crippen LogP contribution in [0.3, 0.4) is 0 Å². The van der Waals surface area contributed by atoms with Crippen LogP contribution in [0.15, 0.2) is 24.3 Å². The number of benzene rings is 1. The summed E-state index contributed by atoms with van der Waals surface area (Å²) in [6.45, 7) is 1.87. The molecule has 0 radical (unpaired) electrons. The fourth-order valence-electron chi connectivity index (χ4n) is 2.52. The predicted molar refractivity (Wildman–Crippen MR) is 79.6 cm³/mol. The summed E-state index contributed by atoms with van der Waals surface area (Å²) in [6, 6.07) is 7.58. The van der Waals surface area contributed by atoms with Crippen molar-refractivity contribution in [1.82, 2.24) is 0 Å². The Hall–Kier alpha value is -1.27. The van der Waals surface area contributed by atoms with Crippen molar-refractivity contribution >= 4 is 21.4 Å². The molecule has 0 aromatic heterocycles. The first-order valence-corrected chi connectivity index (χ1v) is 8.52. The molecule has 1 aromatic rings. The molecule has 3 rings (SSSR count). The molecule has 1 aromatic carbocycles. The van der Waals surface area contributed by atoms with Crippen molar-refractivity contribution in [2.75, 3.05) is 29.8 Å². The third-order valence-electron chi connectivity index (χ3n) is 3.93. The molecule has 0 bridgehead atoms. The molecule has 1 heterocycles. The molecule has 1 saturated heterocycles. The Morgan fingerprint density at radius 2 is 1.90 bits per heavy atom. The van der Waals surface area contributed by atoms with Gasteiger partial charge in [-0.25, -0.2) is 8.42 Å². The van der Waals surface area contributed by atoms with E-state index in [1.165, 1.54) is 0 Å². The molecule has 2 aliphatic rings. The maximum Gasteiger partial charge on any atom is 0.235 e. The molecule has 0 spiro atoms. The largest absolute Gasteiger partial charge is 0.380 e. The SMILES string of the molecule is CO[C@@H]1CCN(c2ccc(NS(=O)(=O)C3CC3)cc2)C1. The van der Waals surface area contributed by atoms with E-state index in [1.807, 2.05) is 24.3 Å². The second kappa shape index (κ2) is 5.26. The van der Waals surface area contributed by atoms with Crippen LogP contribution in [0.1, 0.15) is 19.3 Å². The maximum atomic E-state index is 11.8. The Morgan fingerprint density at radius 3 is 2.45 bits per heavy atom. The molecule has 20 heavy (non-hydrogen) atoms. The van der Waals surface area contributed by atoms with Gasteiger partial charge in [-0.1, -0.05) is 0 Å². The quantitative estimate of drug-likeness (QED) is 0.900. The van der Waals surface area contributed by atoms with Crippen LogP contribution in [0.2, 0.25) is 0 Å². The number of ether oxygens (including phenoxy) is 1. The van der Waals surface area contributed by atoms with Crippen LogP contribution >= 0.6 is 0 Å². The monoisotopic (exact) mass is 296 g/mol. The smallest absolute Gasteiger partial charge is 0.235 e. The predicted octanol–water partition coefficient (Wildman–Crippen LogP) is 1.82. The lowest BCUT2D eigenvalue weighted by Crippen LogP contribution is -2.22. The third-order valence-corrected chi connectivity index (χ3v) is 5.80. The molecular weight excluding hydrogens is 276 g/mol. The van der Waals surface area contributed by atoms with Gasteiger partial charge in [0.05, 0.1) is 11.4 Å². The average Bonchev–Trinajstić information content (AvgIpc) is 3.19. The maximum absolute atomic E-state index is 11.8. The summed E-state index contributed by atoms with van der Waals surface area (Å²) in [5.74, 6) is 0. The summed E-state index contributed by atoms with van der Waals surface area (Å²) in [7, 11) is -1.43. The second-order valence-electron chi connectivity index (χ2n) is 5.49. The van der Waals surface area contributed by atoms with E-state index in [-0.39, 0.29) is 5.25 Å². The zero-order valence-corrected chi connectivity index (χ0v) is 12.4. The number of anilines is 2. The van der Waals surface area contributed by atoms with Gasteiger partial charge in [0.2, 0.25) is 10.0 Å². The molecule has 2 fully saturated rings. The standard InChI is InChI=1S/C14H20N2O3S/c1-19-13-8-9-16(10-13)12-4-2-11(3-5-12)15-20(17,18)14-6-7-14/h2-5,13-15H,6-10H2,1H3/t13-/m1/s1. The van der Waals surface area contributed by atoms with Crippen molar-refractivity contribution in [2.45, 2.75) is 30.6 Å². The number of nitrogens with zero attached hydrogens (tertiary/aromatic N) is 1. The highest BCUT2D eigenvalue weighted by Gasteiger charge is 2.35. The lowest BCUT2D eigenvalue weighted by molar-refractivity contribution is 0.121. The second-order valence-corrected chi connectivity index (χ2v) is 7.45. The number of nitrogens with one attached hydrogen (secondary N) is 1. The zero-order chi connectivity index (χ0) is 14.2. The molecule has 0 amide bonds. The van der Waals surface area contributed by atoms with Gasteiger partial charge < -0.3 is 9.64 Å². The van der Waals surface area contributed by atoms with E-state index in [2.05, 4.69) is 9.62 Å². The van der Waals surface area contributed by atoms with E-state index in [0.29, 0.717) is 11.8 Å². The number of hydrogen-bond acceptors (Lipinski definition) is 4. The van der Waals surface area contributed by atoms with Crippen molar-refractivity contribution in [3.8, 4) is 0 Å². The Bertz CT molecular complexity index is 567. The highest BCUT2D eigenvalue weighted by molar-refractivity contribution is 7.93. The minimum Gasteiger partial charge on any atom is -0.380 e. The number of hydrogen-bond donors (Lipinski definition) is 1. The molecular formula is C14H20N2O3S. The molecule has 1 N–H and O–H groups in total. The van der Waals surface area contributed by atoms with Crippen LogP contribution in [-0.2, 0) is 14.8 Å². The Morgan fingerprint density at radius 1 is 1.20 bits per heavy atom. The number of methoxy groups -OCH3 is 1. The third kappa shape index (κ3) is 2.91. The van der Waals surface area contributed by atoms with E-state index in [1.54, 1.807) is 7.11 Å². The van der Waals surface area contributed by atoms with Gasteiger partial charge in [-0.3, -0.25) is 4.72 Å². The van der Waals surface area contributed by atoms with Crippen LogP contribution in [0, 0.1) is 0 Å². The van der Waals surface area contributed by atoms with Crippen molar-refractivity contribution in [1.29, 1.82) is 0 Å². The number of rotatable bonds is 5. The van der Waals surface area contributed by atoms with Crippen LogP contribution in [0.4, 0.5) is 11.4 Å². The first-order valence-electron chi connectivity index (χ1n) is 6.98. The van der Waals surface area contributed by atoms with Gasteiger partial charge in [0.1, 0.15) is 0 Å². The molecule has 5 nitrogen and oxygen atoms in total. The van der Waals surface area contributed by atoms with Crippen molar-refractivity contribution in [2.24, 2.45) is 0 Å². The van der Waals surface area contributed by atoms with Crippen LogP contribution in [-0.4, -0.2) is 40.0 Å². The minimum absolute atomic E-state index is 0.191. The summed E-state index contributed by atoms with van der Waals surface area (Å²) in [4.78, 5) is 2.26. The Labute approximate surface area is 120 Å². The molecule has 6 heteroatoms. The average molecular weight is 296 g/mol. The lowest BCUT2D eigenvalue weighted by atomic mass is 10.2. The van der Waals surface area contributed by atoms with E-state index in [9.17, 15) is 8.42 Å². The summed E-state index contributed by atoms with van der Waals surface area (Å²) < 4.78 is 31.7. The van der Waals surface area contributed by atoms with Gasteiger partial charge in [-0.15, -0.1) is 0 Å². The minimum atomic E-state index is -3.17. The van der Waals surface area contributed by atoms with Crippen molar-refractivity contribution < 1.29 is 13.2 Å². The van der Waals surface area contributed by atoms with E-state index in [4.69, 9.17) is 4.74 Å². The fourth-order valence-corrected chi connectivity index (χ4v) is 3.91. The molecule has 1 saturated carbocycles. The molecule has 1 aliphatic carbocycles. The first kappa shape index (κ1) is 13.7. The summed E-state index contributed by atoms with van der Waals surface area (Å²) in [6.07, 6.45) is 2.88. The van der Waals surface area contributed by atoms with Gasteiger partial charge >= 0.3 is 0 Å². The highest BCUT2D eigenvalue weighted by atomic mass is 32.2. The van der Waals surface area contributed by atoms with Gasteiger partial charge in [0.15, 0.2) is 0 Å². The van der Waals surface area contributed by atoms with Gasteiger partial charge in [-0.2, -0.15) is 0 Å². The normalized spacial score (nSPS) is 23.1. The molecule has 110 valence electrons. The zero-order valence-electron chi connectivity index (χ0n) is 11.6. The Kier molecular flexibility index (Phi) is 3.60. The van der Waals surface area contributed by atoms with E-state index in [0.717, 1.165) is 38.0 Å². The fraction of sp³-hybridized carbons (Fsp3) is 0.571. The number of sulfonamides is 1. The molecule has 1 atom stereocenters.